The molecule has 0 amide bonds. The zero-order chi connectivity index (χ0) is 18.7. The molecular formula is C17H28O5S2Si. The van der Waals surface area contributed by atoms with Gasteiger partial charge in [-0.05, 0) is 18.1 Å². The Kier molecular flexibility index (Phi) is 4.83. The smallest absolute Gasteiger partial charge is 0.351 e. The highest BCUT2D eigenvalue weighted by molar-refractivity contribution is 8.21. The summed E-state index contributed by atoms with van der Waals surface area (Å²) in [6.07, 6.45) is 0.424. The normalized spacial score (nSPS) is 34.2. The molecule has 1 aliphatic carbocycles. The van der Waals surface area contributed by atoms with Crippen LogP contribution >= 0.6 is 23.5 Å². The Balaban J connectivity index is 1.96. The van der Waals surface area contributed by atoms with Crippen LogP contribution in [-0.4, -0.2) is 53.6 Å². The van der Waals surface area contributed by atoms with Gasteiger partial charge in [0.15, 0.2) is 8.32 Å². The summed E-state index contributed by atoms with van der Waals surface area (Å²) in [5, 5.41) is 0.0675. The Morgan fingerprint density at radius 3 is 2.36 bits per heavy atom. The van der Waals surface area contributed by atoms with Gasteiger partial charge >= 0.3 is 11.9 Å². The summed E-state index contributed by atoms with van der Waals surface area (Å²) in [4.78, 5) is 24.2. The van der Waals surface area contributed by atoms with Crippen LogP contribution in [0.4, 0.5) is 0 Å². The van der Waals surface area contributed by atoms with E-state index >= 15 is 0 Å². The van der Waals surface area contributed by atoms with Gasteiger partial charge in [-0.25, -0.2) is 4.79 Å². The number of rotatable bonds is 3. The summed E-state index contributed by atoms with van der Waals surface area (Å²) in [6.45, 7) is 12.4. The van der Waals surface area contributed by atoms with Crippen molar-refractivity contribution in [3.63, 3.8) is 0 Å². The standard InChI is InChI=1S/C17H28O5S2Si/c1-11(18)21-16-9-12(20-14(16)19)17(23-7-8-24-17)13(10-16)22-25(5,6)15(2,3)4/h12-13H,7-10H2,1-6H3/t12-,13-,16-/m1/s1. The summed E-state index contributed by atoms with van der Waals surface area (Å²) < 4.78 is 17.8. The van der Waals surface area contributed by atoms with E-state index < -0.39 is 25.9 Å². The van der Waals surface area contributed by atoms with Crippen molar-refractivity contribution in [1.82, 2.24) is 0 Å². The highest BCUT2D eigenvalue weighted by atomic mass is 32.2. The first-order valence-electron chi connectivity index (χ1n) is 8.78. The lowest BCUT2D eigenvalue weighted by Gasteiger charge is -2.49. The monoisotopic (exact) mass is 404 g/mol. The molecule has 2 aliphatic heterocycles. The SMILES string of the molecule is CC(=O)O[C@@]12C[C@@H](OC1=O)C1(SCCS1)[C@H](O[Si](C)(C)C(C)(C)C)C2. The molecule has 8 heteroatoms. The zero-order valence-corrected chi connectivity index (χ0v) is 18.5. The third-order valence-corrected chi connectivity index (χ3v) is 14.1. The van der Waals surface area contributed by atoms with Crippen molar-refractivity contribution in [2.24, 2.45) is 0 Å². The lowest BCUT2D eigenvalue weighted by molar-refractivity contribution is -0.173. The number of hydrogen-bond acceptors (Lipinski definition) is 7. The van der Waals surface area contributed by atoms with E-state index in [1.54, 1.807) is 0 Å². The minimum atomic E-state index is -2.05. The molecule has 3 rings (SSSR count). The Morgan fingerprint density at radius 2 is 1.84 bits per heavy atom. The number of ether oxygens (including phenoxy) is 2. The first kappa shape index (κ1) is 19.6. The highest BCUT2D eigenvalue weighted by Gasteiger charge is 2.69. The molecule has 1 spiro atoms. The lowest BCUT2D eigenvalue weighted by atomic mass is 9.83. The second-order valence-corrected chi connectivity index (χ2v) is 16.4. The first-order valence-corrected chi connectivity index (χ1v) is 13.7. The number of hydrogen-bond donors (Lipinski definition) is 0. The molecule has 2 saturated heterocycles. The van der Waals surface area contributed by atoms with E-state index in [1.165, 1.54) is 6.92 Å². The molecule has 142 valence electrons. The van der Waals surface area contributed by atoms with Gasteiger partial charge in [0.1, 0.15) is 10.2 Å². The molecule has 0 unspecified atom stereocenters. The molecule has 0 aromatic carbocycles. The van der Waals surface area contributed by atoms with E-state index in [2.05, 4.69) is 33.9 Å². The van der Waals surface area contributed by atoms with Crippen LogP contribution in [0.5, 0.6) is 0 Å². The summed E-state index contributed by atoms with van der Waals surface area (Å²) >= 11 is 3.69. The van der Waals surface area contributed by atoms with Crippen molar-refractivity contribution < 1.29 is 23.5 Å². The minimum Gasteiger partial charge on any atom is -0.457 e. The van der Waals surface area contributed by atoms with Crippen LogP contribution < -0.4 is 0 Å². The molecule has 25 heavy (non-hydrogen) atoms. The molecule has 1 saturated carbocycles. The Hall–Kier alpha value is -0.183. The highest BCUT2D eigenvalue weighted by Crippen LogP contribution is 2.61. The summed E-state index contributed by atoms with van der Waals surface area (Å²) in [5.74, 6) is 1.21. The number of thioether (sulfide) groups is 2. The van der Waals surface area contributed by atoms with E-state index in [0.717, 1.165) is 11.5 Å². The van der Waals surface area contributed by atoms with E-state index in [1.807, 2.05) is 23.5 Å². The molecule has 0 aromatic rings. The van der Waals surface area contributed by atoms with Gasteiger partial charge in [-0.2, -0.15) is 0 Å². The molecular weight excluding hydrogens is 376 g/mol. The van der Waals surface area contributed by atoms with E-state index in [0.29, 0.717) is 12.8 Å². The van der Waals surface area contributed by atoms with Gasteiger partial charge in [-0.1, -0.05) is 20.8 Å². The molecule has 3 aliphatic rings. The summed E-state index contributed by atoms with van der Waals surface area (Å²) in [5.41, 5.74) is -1.17. The zero-order valence-electron chi connectivity index (χ0n) is 15.8. The second-order valence-electron chi connectivity index (χ2n) is 8.68. The number of carbonyl (C=O) groups is 2. The van der Waals surface area contributed by atoms with Gasteiger partial charge in [0, 0.05) is 31.3 Å². The van der Waals surface area contributed by atoms with E-state index in [4.69, 9.17) is 13.9 Å². The largest absolute Gasteiger partial charge is 0.457 e. The van der Waals surface area contributed by atoms with Crippen LogP contribution in [0.2, 0.25) is 18.1 Å². The fourth-order valence-electron chi connectivity index (χ4n) is 3.57. The van der Waals surface area contributed by atoms with Crippen molar-refractivity contribution in [3.05, 3.63) is 0 Å². The van der Waals surface area contributed by atoms with Crippen LogP contribution in [0, 0.1) is 0 Å². The van der Waals surface area contributed by atoms with Crippen molar-refractivity contribution in [2.75, 3.05) is 11.5 Å². The molecule has 0 N–H and O–H groups in total. The van der Waals surface area contributed by atoms with Crippen LogP contribution in [0.3, 0.4) is 0 Å². The third-order valence-electron chi connectivity index (χ3n) is 5.87. The first-order chi connectivity index (χ1) is 11.4. The van der Waals surface area contributed by atoms with Crippen molar-refractivity contribution in [3.8, 4) is 0 Å². The van der Waals surface area contributed by atoms with Crippen LogP contribution in [0.25, 0.3) is 0 Å². The van der Waals surface area contributed by atoms with Gasteiger partial charge in [0.2, 0.25) is 5.60 Å². The molecule has 2 heterocycles. The Labute approximate surface area is 159 Å². The van der Waals surface area contributed by atoms with Crippen molar-refractivity contribution in [2.45, 2.75) is 80.6 Å². The van der Waals surface area contributed by atoms with Crippen molar-refractivity contribution in [1.29, 1.82) is 0 Å². The van der Waals surface area contributed by atoms with Gasteiger partial charge in [0.25, 0.3) is 0 Å². The molecule has 5 nitrogen and oxygen atoms in total. The number of carbonyl (C=O) groups excluding carboxylic acids is 2. The van der Waals surface area contributed by atoms with Crippen LogP contribution in [-0.2, 0) is 23.5 Å². The van der Waals surface area contributed by atoms with Gasteiger partial charge in [0.05, 0.1) is 6.10 Å². The fourth-order valence-corrected chi connectivity index (χ4v) is 8.49. The maximum Gasteiger partial charge on any atom is 0.351 e. The minimum absolute atomic E-state index is 0.0675. The molecule has 0 aromatic heterocycles. The summed E-state index contributed by atoms with van der Waals surface area (Å²) in [7, 11) is -2.05. The van der Waals surface area contributed by atoms with E-state index in [-0.39, 0.29) is 21.3 Å². The van der Waals surface area contributed by atoms with Gasteiger partial charge in [-0.15, -0.1) is 23.5 Å². The third kappa shape index (κ3) is 3.17. The average molecular weight is 405 g/mol. The van der Waals surface area contributed by atoms with Crippen LogP contribution in [0.1, 0.15) is 40.5 Å². The Bertz CT molecular complexity index is 582. The Morgan fingerprint density at radius 1 is 1.24 bits per heavy atom. The van der Waals surface area contributed by atoms with Gasteiger partial charge < -0.3 is 13.9 Å². The topological polar surface area (TPSA) is 61.8 Å². The predicted octanol–water partition coefficient (Wildman–Crippen LogP) is 3.57. The lowest BCUT2D eigenvalue weighted by Crippen LogP contribution is -2.59. The quantitative estimate of drug-likeness (QED) is 0.526. The maximum absolute atomic E-state index is 12.6. The van der Waals surface area contributed by atoms with E-state index in [9.17, 15) is 9.59 Å². The molecule has 2 bridgehead atoms. The number of fused-ring (bicyclic) bond motifs is 3. The van der Waals surface area contributed by atoms with Crippen molar-refractivity contribution >= 4 is 43.8 Å². The van der Waals surface area contributed by atoms with Crippen LogP contribution in [0.15, 0.2) is 0 Å². The average Bonchev–Trinajstić information content (AvgIpc) is 3.01. The molecule has 3 atom stereocenters. The second kappa shape index (κ2) is 6.17. The van der Waals surface area contributed by atoms with Gasteiger partial charge in [-0.3, -0.25) is 4.79 Å². The fraction of sp³-hybridized carbons (Fsp3) is 0.882. The molecule has 0 radical (unpaired) electrons. The molecule has 3 fully saturated rings. The number of esters is 2. The maximum atomic E-state index is 12.6. The predicted molar refractivity (Wildman–Crippen MR) is 103 cm³/mol. The summed E-state index contributed by atoms with van der Waals surface area (Å²) in [6, 6.07) is 0.